The Bertz CT molecular complexity index is 665. The molecule has 5 nitrogen and oxygen atoms in total. The van der Waals surface area contributed by atoms with Crippen LogP contribution >= 0.6 is 0 Å². The lowest BCUT2D eigenvalue weighted by Gasteiger charge is -2.08. The molecule has 22 heavy (non-hydrogen) atoms. The first-order valence-corrected chi connectivity index (χ1v) is 6.83. The molecule has 0 unspecified atom stereocenters. The highest BCUT2D eigenvalue weighted by Gasteiger charge is 2.08. The van der Waals surface area contributed by atoms with Crippen molar-refractivity contribution in [2.75, 3.05) is 13.2 Å². The topological polar surface area (TPSA) is 78.6 Å². The molecule has 0 fully saturated rings. The van der Waals surface area contributed by atoms with E-state index in [-0.39, 0.29) is 13.2 Å². The number of hydrogen-bond donors (Lipinski definition) is 1. The van der Waals surface area contributed by atoms with Crippen LogP contribution in [0, 0.1) is 6.92 Å². The summed E-state index contributed by atoms with van der Waals surface area (Å²) in [6.45, 7) is 2.39. The predicted octanol–water partition coefficient (Wildman–Crippen LogP) is 2.33. The first-order chi connectivity index (χ1) is 10.6. The second kappa shape index (κ2) is 7.26. The molecule has 2 aromatic rings. The van der Waals surface area contributed by atoms with E-state index in [1.165, 1.54) is 24.3 Å². The molecular formula is C17H17NO4. The summed E-state index contributed by atoms with van der Waals surface area (Å²) in [5, 5.41) is 0. The van der Waals surface area contributed by atoms with Crippen molar-refractivity contribution in [1.29, 1.82) is 0 Å². The first-order valence-electron chi connectivity index (χ1n) is 6.83. The summed E-state index contributed by atoms with van der Waals surface area (Å²) in [6, 6.07) is 13.6. The van der Waals surface area contributed by atoms with Crippen LogP contribution in [0.1, 0.15) is 26.3 Å². The zero-order valence-electron chi connectivity index (χ0n) is 12.2. The normalized spacial score (nSPS) is 10.0. The Labute approximate surface area is 128 Å². The van der Waals surface area contributed by atoms with Crippen LogP contribution < -0.4 is 10.5 Å². The Balaban J connectivity index is 1.79. The lowest BCUT2D eigenvalue weighted by molar-refractivity contribution is 0.0450. The quantitative estimate of drug-likeness (QED) is 0.656. The Hall–Kier alpha value is -2.82. The average molecular weight is 299 g/mol. The van der Waals surface area contributed by atoms with Gasteiger partial charge in [-0.15, -0.1) is 0 Å². The molecule has 0 bridgehead atoms. The molecular weight excluding hydrogens is 282 g/mol. The van der Waals surface area contributed by atoms with E-state index in [1.807, 2.05) is 31.2 Å². The molecule has 0 atom stereocenters. The Kier molecular flexibility index (Phi) is 5.14. The maximum Gasteiger partial charge on any atom is 0.338 e. The largest absolute Gasteiger partial charge is 0.490 e. The highest BCUT2D eigenvalue weighted by molar-refractivity contribution is 5.95. The Morgan fingerprint density at radius 3 is 2.32 bits per heavy atom. The van der Waals surface area contributed by atoms with Gasteiger partial charge in [0.25, 0.3) is 0 Å². The number of aryl methyl sites for hydroxylation is 1. The van der Waals surface area contributed by atoms with Gasteiger partial charge in [0, 0.05) is 5.56 Å². The number of amides is 1. The van der Waals surface area contributed by atoms with Crippen molar-refractivity contribution in [2.45, 2.75) is 6.92 Å². The zero-order chi connectivity index (χ0) is 15.9. The summed E-state index contributed by atoms with van der Waals surface area (Å²) in [5.41, 5.74) is 6.94. The number of hydrogen-bond acceptors (Lipinski definition) is 4. The third-order valence-corrected chi connectivity index (χ3v) is 2.98. The van der Waals surface area contributed by atoms with E-state index in [0.29, 0.717) is 11.1 Å². The SMILES string of the molecule is Cc1cccc(OCCOC(=O)c2ccc(C(N)=O)cc2)c1. The zero-order valence-corrected chi connectivity index (χ0v) is 12.2. The van der Waals surface area contributed by atoms with Crippen molar-refractivity contribution in [2.24, 2.45) is 5.73 Å². The highest BCUT2D eigenvalue weighted by Crippen LogP contribution is 2.12. The molecule has 0 aliphatic carbocycles. The number of nitrogens with two attached hydrogens (primary N) is 1. The minimum absolute atomic E-state index is 0.143. The van der Waals surface area contributed by atoms with Gasteiger partial charge in [-0.2, -0.15) is 0 Å². The van der Waals surface area contributed by atoms with E-state index in [0.717, 1.165) is 11.3 Å². The van der Waals surface area contributed by atoms with Crippen molar-refractivity contribution >= 4 is 11.9 Å². The lowest BCUT2D eigenvalue weighted by Crippen LogP contribution is -2.14. The smallest absolute Gasteiger partial charge is 0.338 e. The number of esters is 1. The second-order valence-electron chi connectivity index (χ2n) is 4.74. The van der Waals surface area contributed by atoms with E-state index >= 15 is 0 Å². The van der Waals surface area contributed by atoms with Crippen molar-refractivity contribution < 1.29 is 19.1 Å². The summed E-state index contributed by atoms with van der Waals surface area (Å²) in [7, 11) is 0. The minimum atomic E-state index is -0.536. The number of ether oxygens (including phenoxy) is 2. The van der Waals surface area contributed by atoms with E-state index < -0.39 is 11.9 Å². The molecule has 0 saturated carbocycles. The molecule has 0 aliphatic rings. The number of benzene rings is 2. The van der Waals surface area contributed by atoms with Crippen LogP contribution in [0.2, 0.25) is 0 Å². The lowest BCUT2D eigenvalue weighted by atomic mass is 10.1. The second-order valence-corrected chi connectivity index (χ2v) is 4.74. The van der Waals surface area contributed by atoms with Gasteiger partial charge in [-0.25, -0.2) is 4.79 Å². The molecule has 0 aliphatic heterocycles. The Morgan fingerprint density at radius 2 is 1.68 bits per heavy atom. The molecule has 0 spiro atoms. The average Bonchev–Trinajstić information content (AvgIpc) is 2.51. The molecule has 0 aromatic heterocycles. The highest BCUT2D eigenvalue weighted by atomic mass is 16.6. The van der Waals surface area contributed by atoms with Crippen LogP contribution in [-0.4, -0.2) is 25.1 Å². The van der Waals surface area contributed by atoms with Gasteiger partial charge >= 0.3 is 5.97 Å². The van der Waals surface area contributed by atoms with Crippen LogP contribution in [-0.2, 0) is 4.74 Å². The van der Waals surface area contributed by atoms with E-state index in [1.54, 1.807) is 0 Å². The van der Waals surface area contributed by atoms with Crippen LogP contribution in [0.25, 0.3) is 0 Å². The van der Waals surface area contributed by atoms with Gasteiger partial charge in [-0.1, -0.05) is 12.1 Å². The van der Waals surface area contributed by atoms with Crippen LogP contribution in [0.15, 0.2) is 48.5 Å². The predicted molar refractivity (Wildman–Crippen MR) is 81.9 cm³/mol. The van der Waals surface area contributed by atoms with Gasteiger partial charge in [0.15, 0.2) is 0 Å². The minimum Gasteiger partial charge on any atom is -0.490 e. The van der Waals surface area contributed by atoms with Crippen molar-refractivity contribution in [1.82, 2.24) is 0 Å². The summed E-state index contributed by atoms with van der Waals surface area (Å²) in [6.07, 6.45) is 0. The molecule has 2 aromatic carbocycles. The van der Waals surface area contributed by atoms with Gasteiger partial charge < -0.3 is 15.2 Å². The van der Waals surface area contributed by atoms with Gasteiger partial charge in [0.2, 0.25) is 5.91 Å². The van der Waals surface area contributed by atoms with Crippen molar-refractivity contribution in [3.63, 3.8) is 0 Å². The van der Waals surface area contributed by atoms with Gasteiger partial charge in [0.05, 0.1) is 5.56 Å². The van der Waals surface area contributed by atoms with E-state index in [2.05, 4.69) is 0 Å². The molecule has 2 N–H and O–H groups in total. The molecule has 1 amide bonds. The number of primary amides is 1. The number of rotatable bonds is 6. The Morgan fingerprint density at radius 1 is 1.00 bits per heavy atom. The third kappa shape index (κ3) is 4.34. The van der Waals surface area contributed by atoms with Gasteiger partial charge in [-0.05, 0) is 48.9 Å². The molecule has 0 heterocycles. The van der Waals surface area contributed by atoms with Gasteiger partial charge in [-0.3, -0.25) is 4.79 Å². The molecule has 2 rings (SSSR count). The molecule has 5 heteroatoms. The van der Waals surface area contributed by atoms with Crippen molar-refractivity contribution in [3.8, 4) is 5.75 Å². The standard InChI is InChI=1S/C17H17NO4/c1-12-3-2-4-15(11-12)21-9-10-22-17(20)14-7-5-13(6-8-14)16(18)19/h2-8,11H,9-10H2,1H3,(H2,18,19). The summed E-state index contributed by atoms with van der Waals surface area (Å²) in [5.74, 6) is -0.266. The number of carbonyl (C=O) groups is 2. The molecule has 0 saturated heterocycles. The fourth-order valence-electron chi connectivity index (χ4n) is 1.85. The summed E-state index contributed by atoms with van der Waals surface area (Å²) < 4.78 is 10.6. The maximum absolute atomic E-state index is 11.8. The van der Waals surface area contributed by atoms with E-state index in [4.69, 9.17) is 15.2 Å². The third-order valence-electron chi connectivity index (χ3n) is 2.98. The first kappa shape index (κ1) is 15.6. The van der Waals surface area contributed by atoms with Crippen LogP contribution in [0.3, 0.4) is 0 Å². The summed E-state index contributed by atoms with van der Waals surface area (Å²) in [4.78, 5) is 22.7. The fourth-order valence-corrected chi connectivity index (χ4v) is 1.85. The number of carbonyl (C=O) groups excluding carboxylic acids is 2. The molecule has 114 valence electrons. The molecule has 0 radical (unpaired) electrons. The fraction of sp³-hybridized carbons (Fsp3) is 0.176. The summed E-state index contributed by atoms with van der Waals surface area (Å²) >= 11 is 0. The monoisotopic (exact) mass is 299 g/mol. The van der Waals surface area contributed by atoms with Crippen LogP contribution in [0.5, 0.6) is 5.75 Å². The van der Waals surface area contributed by atoms with Crippen molar-refractivity contribution in [3.05, 3.63) is 65.2 Å². The maximum atomic E-state index is 11.8. The van der Waals surface area contributed by atoms with Crippen LogP contribution in [0.4, 0.5) is 0 Å². The van der Waals surface area contributed by atoms with E-state index in [9.17, 15) is 9.59 Å². The van der Waals surface area contributed by atoms with Gasteiger partial charge in [0.1, 0.15) is 19.0 Å².